The normalized spacial score (nSPS) is 18.3. The molecule has 0 amide bonds. The maximum Gasteiger partial charge on any atom is 0.419 e. The molecule has 1 heterocycles. The Balaban J connectivity index is 1.75. The molecule has 5 nitrogen and oxygen atoms in total. The summed E-state index contributed by atoms with van der Waals surface area (Å²) in [6, 6.07) is 12.2. The summed E-state index contributed by atoms with van der Waals surface area (Å²) in [5, 5.41) is -1.19. The van der Waals surface area contributed by atoms with Crippen LogP contribution >= 0.6 is 7.37 Å². The van der Waals surface area contributed by atoms with Crippen LogP contribution in [0.5, 0.6) is 5.75 Å². The molecule has 0 aromatic heterocycles. The van der Waals surface area contributed by atoms with Gasteiger partial charge in [0.1, 0.15) is 17.9 Å². The smallest absolute Gasteiger partial charge is 0.419 e. The monoisotopic (exact) mass is 595 g/mol. The van der Waals surface area contributed by atoms with Crippen LogP contribution in [-0.4, -0.2) is 41.6 Å². The third-order valence-electron chi connectivity index (χ3n) is 7.53. The molecule has 1 unspecified atom stereocenters. The molecular weight excluding hydrogens is 550 g/mol. The summed E-state index contributed by atoms with van der Waals surface area (Å²) in [7, 11) is -3.16. The number of hydrogen-bond donors (Lipinski definition) is 0. The summed E-state index contributed by atoms with van der Waals surface area (Å²) >= 11 is 0. The van der Waals surface area contributed by atoms with E-state index in [0.29, 0.717) is 30.7 Å². The first-order valence-electron chi connectivity index (χ1n) is 14.2. The minimum Gasteiger partial charge on any atom is -0.493 e. The summed E-state index contributed by atoms with van der Waals surface area (Å²) in [5.74, 6) is 0.304. The maximum absolute atomic E-state index is 14.1. The molecule has 2 aromatic carbocycles. The molecule has 0 saturated heterocycles. The number of hydrogen-bond acceptors (Lipinski definition) is 5. The predicted octanol–water partition coefficient (Wildman–Crippen LogP) is 8.90. The highest BCUT2D eigenvalue weighted by Gasteiger charge is 2.50. The molecular formula is C32H45F3NO4P. The highest BCUT2D eigenvalue weighted by molar-refractivity contribution is 7.62. The van der Waals surface area contributed by atoms with E-state index in [1.165, 1.54) is 11.6 Å². The molecule has 1 aliphatic rings. The molecule has 1 atom stereocenters. The van der Waals surface area contributed by atoms with Gasteiger partial charge >= 0.3 is 6.18 Å². The Morgan fingerprint density at radius 1 is 0.927 bits per heavy atom. The lowest BCUT2D eigenvalue weighted by Crippen LogP contribution is -2.38. The fourth-order valence-electron chi connectivity index (χ4n) is 5.19. The van der Waals surface area contributed by atoms with Gasteiger partial charge in [0.15, 0.2) is 5.90 Å². The van der Waals surface area contributed by atoms with E-state index >= 15 is 0 Å². The third kappa shape index (κ3) is 8.16. The molecule has 41 heavy (non-hydrogen) atoms. The Morgan fingerprint density at radius 2 is 1.51 bits per heavy atom. The molecule has 0 N–H and O–H groups in total. The predicted molar refractivity (Wildman–Crippen MR) is 160 cm³/mol. The number of halogens is 3. The highest BCUT2D eigenvalue weighted by Crippen LogP contribution is 2.67. The summed E-state index contributed by atoms with van der Waals surface area (Å²) < 4.78 is 73.7. The molecule has 0 radical (unpaired) electrons. The Morgan fingerprint density at radius 3 is 2.02 bits per heavy atom. The van der Waals surface area contributed by atoms with Crippen molar-refractivity contribution in [3.63, 3.8) is 0 Å². The molecule has 0 aliphatic carbocycles. The average Bonchev–Trinajstić information content (AvgIpc) is 3.25. The molecule has 0 fully saturated rings. The van der Waals surface area contributed by atoms with E-state index in [2.05, 4.69) is 11.9 Å². The Kier molecular flexibility index (Phi) is 10.1. The van der Waals surface area contributed by atoms with Gasteiger partial charge in [-0.1, -0.05) is 78.8 Å². The van der Waals surface area contributed by atoms with Crippen LogP contribution in [0.15, 0.2) is 47.5 Å². The summed E-state index contributed by atoms with van der Waals surface area (Å²) in [6.45, 7) is 15.6. The van der Waals surface area contributed by atoms with E-state index in [9.17, 15) is 17.7 Å². The SMILES string of the molecule is CCc1ccc(CCOc2ccc(CCC3(COP(=O)(C(C)(C)C)C(C)(C)C)COC(C)=N3)cc2C(F)(F)F)cc1. The zero-order valence-corrected chi connectivity index (χ0v) is 26.5. The van der Waals surface area contributed by atoms with E-state index in [4.69, 9.17) is 14.0 Å². The number of alkyl halides is 3. The van der Waals surface area contributed by atoms with Gasteiger partial charge in [-0.2, -0.15) is 13.2 Å². The summed E-state index contributed by atoms with van der Waals surface area (Å²) in [5.41, 5.74) is 1.09. The summed E-state index contributed by atoms with van der Waals surface area (Å²) in [4.78, 5) is 4.67. The van der Waals surface area contributed by atoms with Crippen LogP contribution in [0, 0.1) is 0 Å². The zero-order valence-electron chi connectivity index (χ0n) is 25.7. The van der Waals surface area contributed by atoms with Gasteiger partial charge in [-0.3, -0.25) is 4.57 Å². The van der Waals surface area contributed by atoms with Crippen molar-refractivity contribution in [1.82, 2.24) is 0 Å². The van der Waals surface area contributed by atoms with Crippen LogP contribution in [0.4, 0.5) is 13.2 Å². The molecule has 0 saturated carbocycles. The van der Waals surface area contributed by atoms with E-state index in [1.54, 1.807) is 13.0 Å². The molecule has 3 rings (SSSR count). The first kappa shape index (κ1) is 33.2. The maximum atomic E-state index is 14.1. The van der Waals surface area contributed by atoms with Crippen molar-refractivity contribution < 1.29 is 31.7 Å². The molecule has 2 aromatic rings. The van der Waals surface area contributed by atoms with Crippen LogP contribution in [-0.2, 0) is 39.3 Å². The first-order chi connectivity index (χ1) is 18.9. The Bertz CT molecular complexity index is 1240. The standard InChI is InChI=1S/C32H45F3NO4P/c1-9-24-10-12-25(13-11-24)17-19-38-28-15-14-26(20-27(28)32(33,34)35)16-18-31(21-39-23(2)36-31)22-40-41(37,29(3,4)5)30(6,7)8/h10-15,20H,9,16-19,21-22H2,1-8H3. The van der Waals surface area contributed by atoms with Gasteiger partial charge in [0, 0.05) is 23.7 Å². The van der Waals surface area contributed by atoms with Gasteiger partial charge in [0.2, 0.25) is 7.37 Å². The first-order valence-corrected chi connectivity index (χ1v) is 15.9. The number of aliphatic imine (C=N–C) groups is 1. The lowest BCUT2D eigenvalue weighted by molar-refractivity contribution is -0.139. The second kappa shape index (κ2) is 12.5. The van der Waals surface area contributed by atoms with Gasteiger partial charge in [0.25, 0.3) is 0 Å². The molecule has 0 spiro atoms. The quantitative estimate of drug-likeness (QED) is 0.244. The Hall–Kier alpha value is -2.31. The van der Waals surface area contributed by atoms with E-state index < -0.39 is 35.0 Å². The fourth-order valence-corrected chi connectivity index (χ4v) is 8.40. The number of aryl methyl sites for hydroxylation is 2. The minimum absolute atomic E-state index is 0.0582. The second-order valence-corrected chi connectivity index (χ2v) is 17.0. The third-order valence-corrected chi connectivity index (χ3v) is 11.6. The van der Waals surface area contributed by atoms with Crippen LogP contribution in [0.1, 0.15) is 84.1 Å². The van der Waals surface area contributed by atoms with E-state index in [0.717, 1.165) is 18.1 Å². The van der Waals surface area contributed by atoms with Gasteiger partial charge in [0.05, 0.1) is 18.8 Å². The molecule has 1 aliphatic heterocycles. The largest absolute Gasteiger partial charge is 0.493 e. The zero-order chi connectivity index (χ0) is 30.7. The van der Waals surface area contributed by atoms with E-state index in [1.807, 2.05) is 65.8 Å². The highest BCUT2D eigenvalue weighted by atomic mass is 31.2. The topological polar surface area (TPSA) is 57.1 Å². The molecule has 9 heteroatoms. The fraction of sp³-hybridized carbons (Fsp3) is 0.594. The van der Waals surface area contributed by atoms with Crippen molar-refractivity contribution >= 4 is 13.3 Å². The van der Waals surface area contributed by atoms with Crippen molar-refractivity contribution in [3.8, 4) is 5.75 Å². The van der Waals surface area contributed by atoms with Crippen molar-refractivity contribution in [2.45, 2.75) is 103 Å². The van der Waals surface area contributed by atoms with E-state index in [-0.39, 0.29) is 25.6 Å². The van der Waals surface area contributed by atoms with Crippen molar-refractivity contribution in [2.24, 2.45) is 4.99 Å². The average molecular weight is 596 g/mol. The van der Waals surface area contributed by atoms with Gasteiger partial charge in [-0.15, -0.1) is 0 Å². The lowest BCUT2D eigenvalue weighted by Gasteiger charge is -2.41. The number of rotatable bonds is 11. The minimum atomic E-state index is -4.56. The number of benzene rings is 2. The molecule has 228 valence electrons. The van der Waals surface area contributed by atoms with Gasteiger partial charge < -0.3 is 14.0 Å². The van der Waals surface area contributed by atoms with Crippen LogP contribution < -0.4 is 4.74 Å². The van der Waals surface area contributed by atoms with Gasteiger partial charge in [-0.25, -0.2) is 4.99 Å². The number of nitrogens with zero attached hydrogens (tertiary/aromatic N) is 1. The number of ether oxygens (including phenoxy) is 2. The summed E-state index contributed by atoms with van der Waals surface area (Å²) in [6.07, 6.45) is -2.43. The molecule has 0 bridgehead atoms. The van der Waals surface area contributed by atoms with Crippen LogP contribution in [0.3, 0.4) is 0 Å². The van der Waals surface area contributed by atoms with Crippen molar-refractivity contribution in [2.75, 3.05) is 19.8 Å². The van der Waals surface area contributed by atoms with Crippen LogP contribution in [0.25, 0.3) is 0 Å². The second-order valence-electron chi connectivity index (χ2n) is 12.9. The van der Waals surface area contributed by atoms with Gasteiger partial charge in [-0.05, 0) is 48.1 Å². The van der Waals surface area contributed by atoms with Crippen LogP contribution in [0.2, 0.25) is 0 Å². The van der Waals surface area contributed by atoms with Crippen molar-refractivity contribution in [1.29, 1.82) is 0 Å². The lowest BCUT2D eigenvalue weighted by atomic mass is 9.93. The Labute approximate surface area is 243 Å². The van der Waals surface area contributed by atoms with Crippen molar-refractivity contribution in [3.05, 3.63) is 64.7 Å².